The SMILES string of the molecule is CCC(NC(=O)c1ccc2c(c1)CNC2)c1nccs1. The van der Waals surface area contributed by atoms with Crippen molar-refractivity contribution in [3.8, 4) is 0 Å². The first kappa shape index (κ1) is 13.3. The lowest BCUT2D eigenvalue weighted by molar-refractivity contribution is 0.0935. The minimum Gasteiger partial charge on any atom is -0.343 e. The Labute approximate surface area is 122 Å². The van der Waals surface area contributed by atoms with Gasteiger partial charge in [0.25, 0.3) is 5.91 Å². The molecule has 1 aromatic carbocycles. The van der Waals surface area contributed by atoms with Crippen LogP contribution >= 0.6 is 11.3 Å². The molecule has 0 bridgehead atoms. The lowest BCUT2D eigenvalue weighted by atomic mass is 10.1. The Morgan fingerprint density at radius 1 is 1.45 bits per heavy atom. The predicted octanol–water partition coefficient (Wildman–Crippen LogP) is 2.63. The lowest BCUT2D eigenvalue weighted by Gasteiger charge is -2.14. The van der Waals surface area contributed by atoms with Crippen LogP contribution in [0.5, 0.6) is 0 Å². The highest BCUT2D eigenvalue weighted by Crippen LogP contribution is 2.21. The molecule has 5 heteroatoms. The van der Waals surface area contributed by atoms with E-state index in [9.17, 15) is 4.79 Å². The number of carbonyl (C=O) groups excluding carboxylic acids is 1. The van der Waals surface area contributed by atoms with Crippen LogP contribution in [-0.4, -0.2) is 10.9 Å². The third-order valence-corrected chi connectivity index (χ3v) is 4.45. The van der Waals surface area contributed by atoms with E-state index in [2.05, 4.69) is 22.5 Å². The molecule has 1 aliphatic rings. The van der Waals surface area contributed by atoms with Crippen LogP contribution in [0.2, 0.25) is 0 Å². The zero-order valence-electron chi connectivity index (χ0n) is 11.3. The van der Waals surface area contributed by atoms with Crippen molar-refractivity contribution in [3.05, 3.63) is 51.5 Å². The summed E-state index contributed by atoms with van der Waals surface area (Å²) in [5.74, 6) is -0.0262. The summed E-state index contributed by atoms with van der Waals surface area (Å²) in [6.45, 7) is 3.80. The zero-order chi connectivity index (χ0) is 13.9. The molecule has 0 aliphatic carbocycles. The van der Waals surface area contributed by atoms with Crippen LogP contribution in [0.15, 0.2) is 29.8 Å². The molecule has 2 N–H and O–H groups in total. The molecule has 2 heterocycles. The van der Waals surface area contributed by atoms with Gasteiger partial charge in [0.05, 0.1) is 6.04 Å². The van der Waals surface area contributed by atoms with Crippen molar-refractivity contribution in [2.75, 3.05) is 0 Å². The Kier molecular flexibility index (Phi) is 3.80. The summed E-state index contributed by atoms with van der Waals surface area (Å²) in [4.78, 5) is 16.6. The van der Waals surface area contributed by atoms with Gasteiger partial charge in [0.2, 0.25) is 0 Å². The molecule has 1 atom stereocenters. The maximum Gasteiger partial charge on any atom is 0.251 e. The van der Waals surface area contributed by atoms with E-state index in [0.29, 0.717) is 0 Å². The second-order valence-electron chi connectivity index (χ2n) is 4.89. The van der Waals surface area contributed by atoms with E-state index in [4.69, 9.17) is 0 Å². The van der Waals surface area contributed by atoms with Gasteiger partial charge in [-0.1, -0.05) is 13.0 Å². The number of rotatable bonds is 4. The first-order valence-corrected chi connectivity index (χ1v) is 7.68. The van der Waals surface area contributed by atoms with E-state index in [1.165, 1.54) is 11.1 Å². The minimum atomic E-state index is -0.0262. The van der Waals surface area contributed by atoms with Crippen molar-refractivity contribution in [1.29, 1.82) is 0 Å². The second kappa shape index (κ2) is 5.73. The molecule has 1 unspecified atom stereocenters. The number of amides is 1. The maximum absolute atomic E-state index is 12.4. The van der Waals surface area contributed by atoms with Gasteiger partial charge in [0.15, 0.2) is 0 Å². The number of aromatic nitrogens is 1. The smallest absolute Gasteiger partial charge is 0.251 e. The second-order valence-corrected chi connectivity index (χ2v) is 5.82. The van der Waals surface area contributed by atoms with Crippen LogP contribution in [-0.2, 0) is 13.1 Å². The van der Waals surface area contributed by atoms with E-state index in [-0.39, 0.29) is 11.9 Å². The molecule has 0 spiro atoms. The number of hydrogen-bond acceptors (Lipinski definition) is 4. The van der Waals surface area contributed by atoms with E-state index in [1.54, 1.807) is 17.5 Å². The molecule has 2 aromatic rings. The van der Waals surface area contributed by atoms with Crippen molar-refractivity contribution in [2.45, 2.75) is 32.5 Å². The molecule has 1 amide bonds. The van der Waals surface area contributed by atoms with Gasteiger partial charge >= 0.3 is 0 Å². The summed E-state index contributed by atoms with van der Waals surface area (Å²) < 4.78 is 0. The first-order valence-electron chi connectivity index (χ1n) is 6.80. The first-order chi connectivity index (χ1) is 9.78. The van der Waals surface area contributed by atoms with Crippen LogP contribution < -0.4 is 10.6 Å². The molecule has 104 valence electrons. The molecular formula is C15H17N3OS. The molecule has 20 heavy (non-hydrogen) atoms. The summed E-state index contributed by atoms with van der Waals surface area (Å²) in [5, 5.41) is 9.25. The van der Waals surface area contributed by atoms with Gasteiger partial charge in [-0.25, -0.2) is 4.98 Å². The van der Waals surface area contributed by atoms with Gasteiger partial charge < -0.3 is 10.6 Å². The third-order valence-electron chi connectivity index (χ3n) is 3.56. The highest BCUT2D eigenvalue weighted by molar-refractivity contribution is 7.09. The number of thiazole rings is 1. The van der Waals surface area contributed by atoms with Gasteiger partial charge in [-0.15, -0.1) is 11.3 Å². The number of carbonyl (C=O) groups is 1. The van der Waals surface area contributed by atoms with Gasteiger partial charge in [0.1, 0.15) is 5.01 Å². The van der Waals surface area contributed by atoms with E-state index < -0.39 is 0 Å². The van der Waals surface area contributed by atoms with Crippen molar-refractivity contribution in [1.82, 2.24) is 15.6 Å². The van der Waals surface area contributed by atoms with Crippen molar-refractivity contribution in [2.24, 2.45) is 0 Å². The maximum atomic E-state index is 12.4. The summed E-state index contributed by atoms with van der Waals surface area (Å²) in [6, 6.07) is 5.91. The fraction of sp³-hybridized carbons (Fsp3) is 0.333. The Hall–Kier alpha value is -1.72. The highest BCUT2D eigenvalue weighted by atomic mass is 32.1. The van der Waals surface area contributed by atoms with Crippen molar-refractivity contribution >= 4 is 17.2 Å². The monoisotopic (exact) mass is 287 g/mol. The summed E-state index contributed by atoms with van der Waals surface area (Å²) in [5.41, 5.74) is 3.23. The quantitative estimate of drug-likeness (QED) is 0.909. The van der Waals surface area contributed by atoms with Gasteiger partial charge in [-0.3, -0.25) is 4.79 Å². The van der Waals surface area contributed by atoms with E-state index in [1.807, 2.05) is 23.6 Å². The third kappa shape index (κ3) is 2.59. The molecule has 3 rings (SSSR count). The fourth-order valence-electron chi connectivity index (χ4n) is 2.42. The van der Waals surface area contributed by atoms with Crippen LogP contribution in [0.4, 0.5) is 0 Å². The Bertz CT molecular complexity index is 610. The van der Waals surface area contributed by atoms with Crippen LogP contribution in [0.1, 0.15) is 45.9 Å². The highest BCUT2D eigenvalue weighted by Gasteiger charge is 2.18. The van der Waals surface area contributed by atoms with Crippen LogP contribution in [0.3, 0.4) is 0 Å². The normalized spacial score (nSPS) is 14.8. The van der Waals surface area contributed by atoms with E-state index in [0.717, 1.165) is 30.1 Å². The zero-order valence-corrected chi connectivity index (χ0v) is 12.2. The molecule has 0 fully saturated rings. The molecule has 4 nitrogen and oxygen atoms in total. The molecule has 0 saturated carbocycles. The molecule has 0 saturated heterocycles. The summed E-state index contributed by atoms with van der Waals surface area (Å²) in [7, 11) is 0. The van der Waals surface area contributed by atoms with Gasteiger partial charge in [0, 0.05) is 30.2 Å². The van der Waals surface area contributed by atoms with Crippen molar-refractivity contribution < 1.29 is 4.79 Å². The van der Waals surface area contributed by atoms with Gasteiger partial charge in [-0.2, -0.15) is 0 Å². The fourth-order valence-corrected chi connectivity index (χ4v) is 3.20. The standard InChI is InChI=1S/C15H17N3OS/c1-2-13(15-17-5-6-20-15)18-14(19)10-3-4-11-8-16-9-12(11)7-10/h3-7,13,16H,2,8-9H2,1H3,(H,18,19). The molecular weight excluding hydrogens is 270 g/mol. The minimum absolute atomic E-state index is 0.00567. The Morgan fingerprint density at radius 2 is 2.30 bits per heavy atom. The summed E-state index contributed by atoms with van der Waals surface area (Å²) in [6.07, 6.45) is 2.61. The van der Waals surface area contributed by atoms with E-state index >= 15 is 0 Å². The Balaban J connectivity index is 1.75. The number of fused-ring (bicyclic) bond motifs is 1. The van der Waals surface area contributed by atoms with Crippen molar-refractivity contribution in [3.63, 3.8) is 0 Å². The average molecular weight is 287 g/mol. The number of nitrogens with one attached hydrogen (secondary N) is 2. The molecule has 1 aliphatic heterocycles. The average Bonchev–Trinajstić information content (AvgIpc) is 3.14. The summed E-state index contributed by atoms with van der Waals surface area (Å²) >= 11 is 1.58. The number of benzene rings is 1. The predicted molar refractivity (Wildman–Crippen MR) is 79.6 cm³/mol. The van der Waals surface area contributed by atoms with Crippen LogP contribution in [0, 0.1) is 0 Å². The van der Waals surface area contributed by atoms with Gasteiger partial charge in [-0.05, 0) is 29.7 Å². The molecule has 1 aromatic heterocycles. The topological polar surface area (TPSA) is 54.0 Å². The lowest BCUT2D eigenvalue weighted by Crippen LogP contribution is -2.28. The van der Waals surface area contributed by atoms with Crippen LogP contribution in [0.25, 0.3) is 0 Å². The largest absolute Gasteiger partial charge is 0.343 e. The number of hydrogen-bond donors (Lipinski definition) is 2. The number of nitrogens with zero attached hydrogens (tertiary/aromatic N) is 1. The Morgan fingerprint density at radius 3 is 3.05 bits per heavy atom. The molecule has 0 radical (unpaired) electrons.